The quantitative estimate of drug-likeness (QED) is 0.708. The molecule has 1 heterocycles. The summed E-state index contributed by atoms with van der Waals surface area (Å²) in [4.78, 5) is 4.46. The van der Waals surface area contributed by atoms with E-state index in [-0.39, 0.29) is 5.41 Å². The monoisotopic (exact) mass is 221 g/mol. The molecule has 1 aliphatic rings. The van der Waals surface area contributed by atoms with Gasteiger partial charge in [-0.15, -0.1) is 0 Å². The van der Waals surface area contributed by atoms with Gasteiger partial charge in [0.15, 0.2) is 5.89 Å². The molecule has 1 aromatic heterocycles. The van der Waals surface area contributed by atoms with E-state index in [1.165, 1.54) is 25.7 Å². The molecule has 2 nitrogen and oxygen atoms in total. The van der Waals surface area contributed by atoms with Crippen molar-refractivity contribution in [3.8, 4) is 0 Å². The van der Waals surface area contributed by atoms with E-state index >= 15 is 0 Å². The second-order valence-electron chi connectivity index (χ2n) is 6.27. The molecule has 1 aliphatic carbocycles. The Labute approximate surface area is 98.5 Å². The van der Waals surface area contributed by atoms with Gasteiger partial charge in [0, 0.05) is 11.3 Å². The molecule has 16 heavy (non-hydrogen) atoms. The van der Waals surface area contributed by atoms with E-state index in [1.54, 1.807) is 0 Å². The fourth-order valence-electron chi connectivity index (χ4n) is 2.33. The fraction of sp³-hybridized carbons (Fsp3) is 0.786. The van der Waals surface area contributed by atoms with Crippen LogP contribution in [0, 0.1) is 5.92 Å². The second-order valence-corrected chi connectivity index (χ2v) is 6.27. The molecule has 0 N–H and O–H groups in total. The highest BCUT2D eigenvalue weighted by Crippen LogP contribution is 2.36. The second kappa shape index (κ2) is 4.23. The maximum absolute atomic E-state index is 5.91. The Morgan fingerprint density at radius 2 is 1.81 bits per heavy atom. The van der Waals surface area contributed by atoms with Crippen LogP contribution in [0.5, 0.6) is 0 Å². The molecule has 2 heteroatoms. The Morgan fingerprint density at radius 3 is 2.31 bits per heavy atom. The van der Waals surface area contributed by atoms with Gasteiger partial charge in [-0.25, -0.2) is 4.98 Å². The molecule has 0 saturated heterocycles. The van der Waals surface area contributed by atoms with Gasteiger partial charge in [0.1, 0.15) is 5.76 Å². The van der Waals surface area contributed by atoms with E-state index in [9.17, 15) is 0 Å². The minimum Gasteiger partial charge on any atom is -0.445 e. The third-order valence-electron chi connectivity index (χ3n) is 3.63. The molecule has 0 bridgehead atoms. The van der Waals surface area contributed by atoms with Crippen LogP contribution in [0.2, 0.25) is 0 Å². The van der Waals surface area contributed by atoms with Crippen molar-refractivity contribution in [2.24, 2.45) is 5.92 Å². The highest BCUT2D eigenvalue weighted by Gasteiger charge is 2.26. The number of aromatic nitrogens is 1. The van der Waals surface area contributed by atoms with Gasteiger partial charge in [-0.1, -0.05) is 27.7 Å². The average Bonchev–Trinajstić information content (AvgIpc) is 2.67. The topological polar surface area (TPSA) is 26.0 Å². The van der Waals surface area contributed by atoms with E-state index in [1.807, 2.05) is 6.20 Å². The van der Waals surface area contributed by atoms with Crippen LogP contribution in [0.1, 0.15) is 70.9 Å². The number of nitrogens with zero attached hydrogens (tertiary/aromatic N) is 1. The van der Waals surface area contributed by atoms with Crippen LogP contribution in [-0.2, 0) is 5.41 Å². The van der Waals surface area contributed by atoms with Crippen molar-refractivity contribution in [3.63, 3.8) is 0 Å². The van der Waals surface area contributed by atoms with E-state index in [2.05, 4.69) is 32.7 Å². The SMILES string of the molecule is CC(C)(C)c1cnc([C@H]2CC[C@H](C)CC2)o1. The molecule has 0 atom stereocenters. The summed E-state index contributed by atoms with van der Waals surface area (Å²) in [5.74, 6) is 3.43. The van der Waals surface area contributed by atoms with Gasteiger partial charge in [0.25, 0.3) is 0 Å². The normalized spacial score (nSPS) is 27.0. The lowest BCUT2D eigenvalue weighted by Crippen LogP contribution is -2.11. The van der Waals surface area contributed by atoms with Crippen LogP contribution in [-0.4, -0.2) is 4.98 Å². The molecular formula is C14H23NO. The number of hydrogen-bond donors (Lipinski definition) is 0. The summed E-state index contributed by atoms with van der Waals surface area (Å²) in [7, 11) is 0. The van der Waals surface area contributed by atoms with Gasteiger partial charge in [-0.05, 0) is 31.6 Å². The van der Waals surface area contributed by atoms with Gasteiger partial charge in [-0.3, -0.25) is 0 Å². The summed E-state index contributed by atoms with van der Waals surface area (Å²) in [6.45, 7) is 8.84. The number of hydrogen-bond acceptors (Lipinski definition) is 2. The number of oxazole rings is 1. The molecule has 0 spiro atoms. The van der Waals surface area contributed by atoms with Crippen molar-refractivity contribution in [1.29, 1.82) is 0 Å². The minimum atomic E-state index is 0.0766. The zero-order valence-corrected chi connectivity index (χ0v) is 10.9. The van der Waals surface area contributed by atoms with Crippen molar-refractivity contribution >= 4 is 0 Å². The maximum Gasteiger partial charge on any atom is 0.197 e. The summed E-state index contributed by atoms with van der Waals surface area (Å²) in [6, 6.07) is 0. The third-order valence-corrected chi connectivity index (χ3v) is 3.63. The van der Waals surface area contributed by atoms with Crippen molar-refractivity contribution in [2.45, 2.75) is 64.7 Å². The Morgan fingerprint density at radius 1 is 1.19 bits per heavy atom. The van der Waals surface area contributed by atoms with Crippen LogP contribution < -0.4 is 0 Å². The molecule has 2 rings (SSSR count). The first kappa shape index (κ1) is 11.7. The van der Waals surface area contributed by atoms with Crippen LogP contribution in [0.3, 0.4) is 0 Å². The molecule has 1 fully saturated rings. The van der Waals surface area contributed by atoms with Crippen molar-refractivity contribution < 1.29 is 4.42 Å². The molecular weight excluding hydrogens is 198 g/mol. The Bertz CT molecular complexity index is 340. The summed E-state index contributed by atoms with van der Waals surface area (Å²) >= 11 is 0. The zero-order valence-electron chi connectivity index (χ0n) is 10.9. The van der Waals surface area contributed by atoms with Crippen LogP contribution in [0.25, 0.3) is 0 Å². The zero-order chi connectivity index (χ0) is 11.8. The van der Waals surface area contributed by atoms with E-state index < -0.39 is 0 Å². The van der Waals surface area contributed by atoms with Gasteiger partial charge >= 0.3 is 0 Å². The van der Waals surface area contributed by atoms with Crippen molar-refractivity contribution in [3.05, 3.63) is 17.8 Å². The molecule has 1 saturated carbocycles. The van der Waals surface area contributed by atoms with Gasteiger partial charge < -0.3 is 4.42 Å². The first-order valence-electron chi connectivity index (χ1n) is 6.43. The third kappa shape index (κ3) is 2.47. The van der Waals surface area contributed by atoms with E-state index in [0.717, 1.165) is 17.6 Å². The molecule has 0 aromatic carbocycles. The standard InChI is InChI=1S/C14H23NO/c1-10-5-7-11(8-6-10)13-15-9-12(16-13)14(2,3)4/h9-11H,5-8H2,1-4H3/t10-,11-. The first-order chi connectivity index (χ1) is 7.47. The lowest BCUT2D eigenvalue weighted by Gasteiger charge is -2.23. The van der Waals surface area contributed by atoms with E-state index in [0.29, 0.717) is 5.92 Å². The van der Waals surface area contributed by atoms with Gasteiger partial charge in [0.2, 0.25) is 0 Å². The predicted octanol–water partition coefficient (Wildman–Crippen LogP) is 4.27. The molecule has 0 radical (unpaired) electrons. The lowest BCUT2D eigenvalue weighted by atomic mass is 9.83. The number of rotatable bonds is 1. The van der Waals surface area contributed by atoms with E-state index in [4.69, 9.17) is 4.42 Å². The largest absolute Gasteiger partial charge is 0.445 e. The molecule has 90 valence electrons. The predicted molar refractivity (Wildman–Crippen MR) is 65.6 cm³/mol. The molecule has 0 unspecified atom stereocenters. The van der Waals surface area contributed by atoms with Gasteiger partial charge in [-0.2, -0.15) is 0 Å². The van der Waals surface area contributed by atoms with Crippen LogP contribution >= 0.6 is 0 Å². The Hall–Kier alpha value is -0.790. The van der Waals surface area contributed by atoms with Gasteiger partial charge in [0.05, 0.1) is 6.20 Å². The smallest absolute Gasteiger partial charge is 0.197 e. The summed E-state index contributed by atoms with van der Waals surface area (Å²) in [6.07, 6.45) is 7.03. The van der Waals surface area contributed by atoms with Crippen LogP contribution in [0.4, 0.5) is 0 Å². The highest BCUT2D eigenvalue weighted by atomic mass is 16.4. The Balaban J connectivity index is 2.08. The summed E-state index contributed by atoms with van der Waals surface area (Å²) < 4.78 is 5.91. The average molecular weight is 221 g/mol. The molecule has 1 aromatic rings. The minimum absolute atomic E-state index is 0.0766. The first-order valence-corrected chi connectivity index (χ1v) is 6.43. The lowest BCUT2D eigenvalue weighted by molar-refractivity contribution is 0.291. The Kier molecular flexibility index (Phi) is 3.09. The molecule has 0 amide bonds. The van der Waals surface area contributed by atoms with Crippen molar-refractivity contribution in [1.82, 2.24) is 4.98 Å². The summed E-state index contributed by atoms with van der Waals surface area (Å²) in [5, 5.41) is 0. The van der Waals surface area contributed by atoms with Crippen LogP contribution in [0.15, 0.2) is 10.6 Å². The fourth-order valence-corrected chi connectivity index (χ4v) is 2.33. The highest BCUT2D eigenvalue weighted by molar-refractivity contribution is 5.08. The molecule has 0 aliphatic heterocycles. The summed E-state index contributed by atoms with van der Waals surface area (Å²) in [5.41, 5.74) is 0.0766. The van der Waals surface area contributed by atoms with Crippen molar-refractivity contribution in [2.75, 3.05) is 0 Å². The maximum atomic E-state index is 5.91.